The molecule has 0 saturated carbocycles. The van der Waals surface area contributed by atoms with Crippen molar-refractivity contribution >= 4 is 11.9 Å². The van der Waals surface area contributed by atoms with Crippen molar-refractivity contribution in [3.8, 4) is 5.88 Å². The van der Waals surface area contributed by atoms with Crippen molar-refractivity contribution in [3.05, 3.63) is 53.9 Å². The fourth-order valence-electron chi connectivity index (χ4n) is 1.78. The van der Waals surface area contributed by atoms with Gasteiger partial charge in [0.2, 0.25) is 5.88 Å². The van der Waals surface area contributed by atoms with Crippen LogP contribution in [0.3, 0.4) is 0 Å². The highest BCUT2D eigenvalue weighted by molar-refractivity contribution is 5.48. The van der Waals surface area contributed by atoms with Crippen LogP contribution in [-0.2, 0) is 6.42 Å². The standard InChI is InChI=1S/C16H19N3O/c1-2-7-15-18-14(17)12-16(19-15)20-11-6-10-13-8-4-3-5-9-13/h3-6,8-10,12H,2,7,11H2,1H3,(H2,17,18,19)/b10-6+. The quantitative estimate of drug-likeness (QED) is 0.875. The van der Waals surface area contributed by atoms with Crippen molar-refractivity contribution < 1.29 is 4.74 Å². The maximum absolute atomic E-state index is 5.74. The Morgan fingerprint density at radius 3 is 2.75 bits per heavy atom. The number of aryl methyl sites for hydroxylation is 1. The van der Waals surface area contributed by atoms with Crippen LogP contribution in [0.2, 0.25) is 0 Å². The molecule has 0 spiro atoms. The largest absolute Gasteiger partial charge is 0.473 e. The second-order valence-electron chi connectivity index (χ2n) is 4.42. The lowest BCUT2D eigenvalue weighted by Gasteiger charge is -2.05. The van der Waals surface area contributed by atoms with Gasteiger partial charge in [0.15, 0.2) is 0 Å². The zero-order valence-electron chi connectivity index (χ0n) is 11.6. The van der Waals surface area contributed by atoms with Crippen LogP contribution in [0.1, 0.15) is 24.7 Å². The van der Waals surface area contributed by atoms with Gasteiger partial charge in [0, 0.05) is 12.5 Å². The molecule has 0 atom stereocenters. The van der Waals surface area contributed by atoms with Gasteiger partial charge in [0.25, 0.3) is 0 Å². The molecule has 1 aromatic heterocycles. The van der Waals surface area contributed by atoms with Crippen molar-refractivity contribution in [2.24, 2.45) is 0 Å². The molecule has 4 nitrogen and oxygen atoms in total. The van der Waals surface area contributed by atoms with Gasteiger partial charge in [-0.2, -0.15) is 4.98 Å². The maximum Gasteiger partial charge on any atom is 0.219 e. The Morgan fingerprint density at radius 2 is 2.00 bits per heavy atom. The van der Waals surface area contributed by atoms with E-state index in [1.165, 1.54) is 0 Å². The Morgan fingerprint density at radius 1 is 1.20 bits per heavy atom. The molecule has 20 heavy (non-hydrogen) atoms. The molecule has 2 rings (SSSR count). The number of anilines is 1. The molecule has 0 aliphatic carbocycles. The molecule has 4 heteroatoms. The van der Waals surface area contributed by atoms with Gasteiger partial charge in [-0.15, -0.1) is 0 Å². The summed E-state index contributed by atoms with van der Waals surface area (Å²) >= 11 is 0. The van der Waals surface area contributed by atoms with Gasteiger partial charge in [-0.05, 0) is 18.1 Å². The molecule has 2 aromatic rings. The lowest BCUT2D eigenvalue weighted by Crippen LogP contribution is -2.03. The number of nitrogen functional groups attached to an aromatic ring is 1. The third kappa shape index (κ3) is 4.39. The monoisotopic (exact) mass is 269 g/mol. The van der Waals surface area contributed by atoms with Crippen molar-refractivity contribution in [2.45, 2.75) is 19.8 Å². The molecule has 0 bridgehead atoms. The van der Waals surface area contributed by atoms with E-state index in [-0.39, 0.29) is 0 Å². The average Bonchev–Trinajstić information content (AvgIpc) is 2.45. The van der Waals surface area contributed by atoms with Crippen LogP contribution >= 0.6 is 0 Å². The predicted molar refractivity (Wildman–Crippen MR) is 81.4 cm³/mol. The molecule has 0 aliphatic heterocycles. The van der Waals surface area contributed by atoms with Gasteiger partial charge in [-0.25, -0.2) is 4.98 Å². The number of benzene rings is 1. The highest BCUT2D eigenvalue weighted by Crippen LogP contribution is 2.12. The highest BCUT2D eigenvalue weighted by atomic mass is 16.5. The molecule has 2 N–H and O–H groups in total. The minimum absolute atomic E-state index is 0.450. The number of nitrogens with two attached hydrogens (primary N) is 1. The number of hydrogen-bond acceptors (Lipinski definition) is 4. The Kier molecular flexibility index (Phi) is 5.12. The normalized spacial score (nSPS) is 10.8. The van der Waals surface area contributed by atoms with E-state index in [1.54, 1.807) is 6.07 Å². The van der Waals surface area contributed by atoms with Crippen molar-refractivity contribution in [1.29, 1.82) is 0 Å². The van der Waals surface area contributed by atoms with Crippen LogP contribution in [0.25, 0.3) is 6.08 Å². The Bertz CT molecular complexity index is 567. The molecule has 0 amide bonds. The predicted octanol–water partition coefficient (Wildman–Crippen LogP) is 3.10. The summed E-state index contributed by atoms with van der Waals surface area (Å²) in [4.78, 5) is 8.49. The highest BCUT2D eigenvalue weighted by Gasteiger charge is 2.02. The summed E-state index contributed by atoms with van der Waals surface area (Å²) in [6, 6.07) is 11.7. The molecule has 1 aromatic carbocycles. The molecular formula is C16H19N3O. The SMILES string of the molecule is CCCc1nc(N)cc(OC/C=C/c2ccccc2)n1. The van der Waals surface area contributed by atoms with Crippen molar-refractivity contribution in [3.63, 3.8) is 0 Å². The van der Waals surface area contributed by atoms with Crippen LogP contribution in [-0.4, -0.2) is 16.6 Å². The molecule has 0 aliphatic rings. The Hall–Kier alpha value is -2.36. The summed E-state index contributed by atoms with van der Waals surface area (Å²) in [6.07, 6.45) is 5.75. The first kappa shape index (κ1) is 14.1. The summed E-state index contributed by atoms with van der Waals surface area (Å²) in [7, 11) is 0. The molecule has 0 radical (unpaired) electrons. The number of nitrogens with zero attached hydrogens (tertiary/aromatic N) is 2. The van der Waals surface area contributed by atoms with Crippen LogP contribution < -0.4 is 10.5 Å². The fraction of sp³-hybridized carbons (Fsp3) is 0.250. The van der Waals surface area contributed by atoms with E-state index in [1.807, 2.05) is 42.5 Å². The lowest BCUT2D eigenvalue weighted by atomic mass is 10.2. The second-order valence-corrected chi connectivity index (χ2v) is 4.42. The summed E-state index contributed by atoms with van der Waals surface area (Å²) in [6.45, 7) is 2.53. The molecule has 1 heterocycles. The Balaban J connectivity index is 1.92. The third-order valence-electron chi connectivity index (χ3n) is 2.68. The first-order valence-corrected chi connectivity index (χ1v) is 6.75. The number of rotatable bonds is 6. The number of hydrogen-bond donors (Lipinski definition) is 1. The van der Waals surface area contributed by atoms with Gasteiger partial charge >= 0.3 is 0 Å². The van der Waals surface area contributed by atoms with Crippen LogP contribution in [0.4, 0.5) is 5.82 Å². The second kappa shape index (κ2) is 7.28. The topological polar surface area (TPSA) is 61.0 Å². The molecule has 0 saturated heterocycles. The van der Waals surface area contributed by atoms with E-state index in [9.17, 15) is 0 Å². The number of aromatic nitrogens is 2. The zero-order valence-corrected chi connectivity index (χ0v) is 11.6. The first-order valence-electron chi connectivity index (χ1n) is 6.75. The lowest BCUT2D eigenvalue weighted by molar-refractivity contribution is 0.347. The fourth-order valence-corrected chi connectivity index (χ4v) is 1.78. The van der Waals surface area contributed by atoms with Gasteiger partial charge in [-0.3, -0.25) is 0 Å². The third-order valence-corrected chi connectivity index (χ3v) is 2.68. The van der Waals surface area contributed by atoms with E-state index in [0.717, 1.165) is 24.2 Å². The minimum Gasteiger partial charge on any atom is -0.473 e. The summed E-state index contributed by atoms with van der Waals surface area (Å²) in [5, 5.41) is 0. The van der Waals surface area contributed by atoms with E-state index in [2.05, 4.69) is 16.9 Å². The maximum atomic E-state index is 5.74. The van der Waals surface area contributed by atoms with E-state index in [4.69, 9.17) is 10.5 Å². The smallest absolute Gasteiger partial charge is 0.219 e. The van der Waals surface area contributed by atoms with E-state index < -0.39 is 0 Å². The van der Waals surface area contributed by atoms with Crippen molar-refractivity contribution in [1.82, 2.24) is 9.97 Å². The van der Waals surface area contributed by atoms with Gasteiger partial charge < -0.3 is 10.5 Å². The zero-order chi connectivity index (χ0) is 14.2. The first-order chi connectivity index (χ1) is 9.78. The molecular weight excluding hydrogens is 250 g/mol. The van der Waals surface area contributed by atoms with Gasteiger partial charge in [-0.1, -0.05) is 43.3 Å². The van der Waals surface area contributed by atoms with E-state index >= 15 is 0 Å². The van der Waals surface area contributed by atoms with Crippen LogP contribution in [0.5, 0.6) is 5.88 Å². The van der Waals surface area contributed by atoms with Gasteiger partial charge in [0.1, 0.15) is 18.2 Å². The summed E-state index contributed by atoms with van der Waals surface area (Å²) < 4.78 is 5.58. The number of ether oxygens (including phenoxy) is 1. The summed E-state index contributed by atoms with van der Waals surface area (Å²) in [5.74, 6) is 1.71. The minimum atomic E-state index is 0.450. The van der Waals surface area contributed by atoms with Gasteiger partial charge in [0.05, 0.1) is 0 Å². The van der Waals surface area contributed by atoms with Crippen molar-refractivity contribution in [2.75, 3.05) is 12.3 Å². The molecule has 0 unspecified atom stereocenters. The summed E-state index contributed by atoms with van der Waals surface area (Å²) in [5.41, 5.74) is 6.88. The molecule has 0 fully saturated rings. The van der Waals surface area contributed by atoms with E-state index in [0.29, 0.717) is 18.3 Å². The van der Waals surface area contributed by atoms with Crippen LogP contribution in [0.15, 0.2) is 42.5 Å². The van der Waals surface area contributed by atoms with Crippen LogP contribution in [0, 0.1) is 0 Å². The molecule has 104 valence electrons. The average molecular weight is 269 g/mol. The Labute approximate surface area is 119 Å².